The summed E-state index contributed by atoms with van der Waals surface area (Å²) < 4.78 is 5.92. The average molecular weight is 400 g/mol. The minimum atomic E-state index is -0.599. The highest BCUT2D eigenvalue weighted by atomic mass is 79.9. The summed E-state index contributed by atoms with van der Waals surface area (Å²) in [5.74, 6) is -1.08. The van der Waals surface area contributed by atoms with Gasteiger partial charge in [-0.1, -0.05) is 58.4 Å². The standard InChI is InChI=1S/C20H18BrNO3/c1-3-12-22-18(15-10-6-7-11-16(15)21)17(20(24)25-2)13-8-4-5-9-14(13)19(22)23/h3-11,17-18H,1,12H2,2H3/t17-,18+/m0/s1. The monoisotopic (exact) mass is 399 g/mol. The fourth-order valence-electron chi connectivity index (χ4n) is 3.37. The maximum atomic E-state index is 13.1. The van der Waals surface area contributed by atoms with E-state index in [0.29, 0.717) is 17.7 Å². The zero-order chi connectivity index (χ0) is 18.0. The topological polar surface area (TPSA) is 46.6 Å². The molecule has 0 bridgehead atoms. The third-order valence-electron chi connectivity index (χ3n) is 4.44. The van der Waals surface area contributed by atoms with Gasteiger partial charge in [-0.15, -0.1) is 6.58 Å². The number of rotatable bonds is 4. The second-order valence-corrected chi connectivity index (χ2v) is 6.65. The molecule has 1 heterocycles. The van der Waals surface area contributed by atoms with E-state index in [2.05, 4.69) is 22.5 Å². The lowest BCUT2D eigenvalue weighted by atomic mass is 9.79. The number of ether oxygens (including phenoxy) is 1. The van der Waals surface area contributed by atoms with Gasteiger partial charge < -0.3 is 9.64 Å². The summed E-state index contributed by atoms with van der Waals surface area (Å²) in [6.07, 6.45) is 1.67. The number of carbonyl (C=O) groups excluding carboxylic acids is 2. The molecule has 2 atom stereocenters. The van der Waals surface area contributed by atoms with Crippen LogP contribution in [-0.4, -0.2) is 30.4 Å². The van der Waals surface area contributed by atoms with Crippen molar-refractivity contribution >= 4 is 27.8 Å². The van der Waals surface area contributed by atoms with Crippen LogP contribution in [0.15, 0.2) is 65.7 Å². The van der Waals surface area contributed by atoms with Crippen molar-refractivity contribution < 1.29 is 14.3 Å². The minimum Gasteiger partial charge on any atom is -0.468 e. The molecule has 0 radical (unpaired) electrons. The number of hydrogen-bond donors (Lipinski definition) is 0. The lowest BCUT2D eigenvalue weighted by Crippen LogP contribution is -2.45. The Kier molecular flexibility index (Phi) is 5.04. The molecule has 2 aromatic rings. The first-order chi connectivity index (χ1) is 12.1. The number of benzene rings is 2. The van der Waals surface area contributed by atoms with Gasteiger partial charge in [-0.05, 0) is 23.3 Å². The largest absolute Gasteiger partial charge is 0.468 e. The van der Waals surface area contributed by atoms with Crippen LogP contribution < -0.4 is 0 Å². The first-order valence-corrected chi connectivity index (χ1v) is 8.72. The van der Waals surface area contributed by atoms with E-state index in [1.54, 1.807) is 23.1 Å². The molecule has 5 heteroatoms. The van der Waals surface area contributed by atoms with Gasteiger partial charge in [0.25, 0.3) is 5.91 Å². The molecule has 1 aliphatic heterocycles. The van der Waals surface area contributed by atoms with E-state index in [1.807, 2.05) is 36.4 Å². The summed E-state index contributed by atoms with van der Waals surface area (Å²) in [5.41, 5.74) is 2.09. The van der Waals surface area contributed by atoms with Crippen molar-refractivity contribution in [2.24, 2.45) is 0 Å². The Morgan fingerprint density at radius 3 is 2.48 bits per heavy atom. The van der Waals surface area contributed by atoms with Crippen LogP contribution in [0.3, 0.4) is 0 Å². The average Bonchev–Trinajstić information content (AvgIpc) is 2.64. The number of fused-ring (bicyclic) bond motifs is 1. The van der Waals surface area contributed by atoms with Crippen LogP contribution in [0.5, 0.6) is 0 Å². The van der Waals surface area contributed by atoms with Crippen molar-refractivity contribution in [1.82, 2.24) is 4.90 Å². The van der Waals surface area contributed by atoms with Gasteiger partial charge in [0.05, 0.1) is 13.2 Å². The molecule has 0 spiro atoms. The molecule has 0 fully saturated rings. The summed E-state index contributed by atoms with van der Waals surface area (Å²) in [4.78, 5) is 27.4. The number of nitrogens with zero attached hydrogens (tertiary/aromatic N) is 1. The lowest BCUT2D eigenvalue weighted by molar-refractivity contribution is -0.144. The molecule has 128 valence electrons. The van der Waals surface area contributed by atoms with Gasteiger partial charge >= 0.3 is 5.97 Å². The van der Waals surface area contributed by atoms with E-state index in [-0.39, 0.29) is 11.9 Å². The van der Waals surface area contributed by atoms with E-state index < -0.39 is 12.0 Å². The molecule has 0 unspecified atom stereocenters. The zero-order valence-electron chi connectivity index (χ0n) is 13.8. The van der Waals surface area contributed by atoms with Crippen LogP contribution in [0.25, 0.3) is 0 Å². The highest BCUT2D eigenvalue weighted by molar-refractivity contribution is 9.10. The maximum absolute atomic E-state index is 13.1. The van der Waals surface area contributed by atoms with Gasteiger partial charge in [-0.2, -0.15) is 0 Å². The van der Waals surface area contributed by atoms with E-state index in [9.17, 15) is 9.59 Å². The number of esters is 1. The second-order valence-electron chi connectivity index (χ2n) is 5.80. The van der Waals surface area contributed by atoms with Crippen LogP contribution in [0.2, 0.25) is 0 Å². The van der Waals surface area contributed by atoms with E-state index in [4.69, 9.17) is 4.74 Å². The molecule has 4 nitrogen and oxygen atoms in total. The second kappa shape index (κ2) is 7.23. The predicted molar refractivity (Wildman–Crippen MR) is 99.3 cm³/mol. The van der Waals surface area contributed by atoms with Crippen LogP contribution in [-0.2, 0) is 9.53 Å². The molecule has 0 aliphatic carbocycles. The third-order valence-corrected chi connectivity index (χ3v) is 5.17. The van der Waals surface area contributed by atoms with Crippen LogP contribution >= 0.6 is 15.9 Å². The van der Waals surface area contributed by atoms with E-state index >= 15 is 0 Å². The van der Waals surface area contributed by atoms with Crippen LogP contribution in [0.1, 0.15) is 33.4 Å². The molecule has 2 aromatic carbocycles. The molecular formula is C20H18BrNO3. The van der Waals surface area contributed by atoms with Gasteiger partial charge in [0.15, 0.2) is 0 Å². The Balaban J connectivity index is 2.26. The number of carbonyl (C=O) groups is 2. The number of methoxy groups -OCH3 is 1. The normalized spacial score (nSPS) is 19.3. The van der Waals surface area contributed by atoms with Crippen molar-refractivity contribution in [3.8, 4) is 0 Å². The molecular weight excluding hydrogens is 382 g/mol. The molecule has 1 amide bonds. The van der Waals surface area contributed by atoms with Gasteiger partial charge in [-0.3, -0.25) is 9.59 Å². The first-order valence-electron chi connectivity index (χ1n) is 7.93. The molecule has 0 saturated heterocycles. The van der Waals surface area contributed by atoms with Crippen molar-refractivity contribution in [3.05, 3.63) is 82.3 Å². The molecule has 25 heavy (non-hydrogen) atoms. The first kappa shape index (κ1) is 17.4. The van der Waals surface area contributed by atoms with Crippen molar-refractivity contribution in [2.45, 2.75) is 12.0 Å². The summed E-state index contributed by atoms with van der Waals surface area (Å²) in [6.45, 7) is 4.10. The number of amides is 1. The Morgan fingerprint density at radius 1 is 1.20 bits per heavy atom. The summed E-state index contributed by atoms with van der Waals surface area (Å²) >= 11 is 3.55. The molecule has 0 saturated carbocycles. The molecule has 0 aromatic heterocycles. The predicted octanol–water partition coefficient (Wildman–Crippen LogP) is 4.09. The fourth-order valence-corrected chi connectivity index (χ4v) is 3.89. The SMILES string of the molecule is C=CCN1C(=O)c2ccccc2[C@H](C(=O)OC)[C@H]1c1ccccc1Br. The minimum absolute atomic E-state index is 0.114. The number of halogens is 1. The Bertz CT molecular complexity index is 833. The molecule has 3 rings (SSSR count). The Morgan fingerprint density at radius 2 is 1.84 bits per heavy atom. The van der Waals surface area contributed by atoms with Crippen LogP contribution in [0.4, 0.5) is 0 Å². The van der Waals surface area contributed by atoms with Gasteiger partial charge in [0.2, 0.25) is 0 Å². The summed E-state index contributed by atoms with van der Waals surface area (Å²) in [7, 11) is 1.37. The maximum Gasteiger partial charge on any atom is 0.315 e. The summed E-state index contributed by atoms with van der Waals surface area (Å²) in [6, 6.07) is 14.4. The van der Waals surface area contributed by atoms with E-state index in [0.717, 1.165) is 10.0 Å². The number of hydrogen-bond acceptors (Lipinski definition) is 3. The van der Waals surface area contributed by atoms with Crippen molar-refractivity contribution in [3.63, 3.8) is 0 Å². The van der Waals surface area contributed by atoms with Crippen molar-refractivity contribution in [1.29, 1.82) is 0 Å². The van der Waals surface area contributed by atoms with Gasteiger partial charge in [-0.25, -0.2) is 0 Å². The van der Waals surface area contributed by atoms with E-state index in [1.165, 1.54) is 7.11 Å². The third kappa shape index (κ3) is 3.00. The highest BCUT2D eigenvalue weighted by Gasteiger charge is 2.44. The molecule has 0 N–H and O–H groups in total. The fraction of sp³-hybridized carbons (Fsp3) is 0.200. The highest BCUT2D eigenvalue weighted by Crippen LogP contribution is 2.45. The Hall–Kier alpha value is -2.40. The van der Waals surface area contributed by atoms with Gasteiger partial charge in [0, 0.05) is 16.6 Å². The van der Waals surface area contributed by atoms with Gasteiger partial charge in [0.1, 0.15) is 5.92 Å². The molecule has 1 aliphatic rings. The quantitative estimate of drug-likeness (QED) is 0.574. The lowest BCUT2D eigenvalue weighted by Gasteiger charge is -2.41. The smallest absolute Gasteiger partial charge is 0.315 e. The summed E-state index contributed by atoms with van der Waals surface area (Å²) in [5, 5.41) is 0. The van der Waals surface area contributed by atoms with Crippen LogP contribution in [0, 0.1) is 0 Å². The Labute approximate surface area is 155 Å². The zero-order valence-corrected chi connectivity index (χ0v) is 15.4. The van der Waals surface area contributed by atoms with Crippen molar-refractivity contribution in [2.75, 3.05) is 13.7 Å².